The summed E-state index contributed by atoms with van der Waals surface area (Å²) in [4.78, 5) is 26.5. The minimum absolute atomic E-state index is 0.0272. The molecule has 3 aromatic rings. The van der Waals surface area contributed by atoms with Crippen molar-refractivity contribution in [2.24, 2.45) is 0 Å². The Hall–Kier alpha value is -2.23. The summed E-state index contributed by atoms with van der Waals surface area (Å²) in [5.74, 6) is -0.202. The van der Waals surface area contributed by atoms with Gasteiger partial charge < -0.3 is 9.80 Å². The molecule has 28 heavy (non-hydrogen) atoms. The first-order valence-electron chi connectivity index (χ1n) is 8.58. The van der Waals surface area contributed by atoms with Crippen LogP contribution in [0.5, 0.6) is 0 Å². The number of carbonyl (C=O) groups is 1. The lowest BCUT2D eigenvalue weighted by molar-refractivity contribution is 0.0746. The highest BCUT2D eigenvalue weighted by atomic mass is 35.5. The average Bonchev–Trinajstić information content (AvgIpc) is 3.11. The Morgan fingerprint density at radius 1 is 1.18 bits per heavy atom. The van der Waals surface area contributed by atoms with Crippen molar-refractivity contribution < 1.29 is 13.2 Å². The van der Waals surface area contributed by atoms with E-state index in [0.29, 0.717) is 31.7 Å². The Balaban J connectivity index is 1.48. The molecule has 1 saturated heterocycles. The molecule has 0 unspecified atom stereocenters. The van der Waals surface area contributed by atoms with E-state index >= 15 is 0 Å². The predicted octanol–water partition coefficient (Wildman–Crippen LogP) is 2.71. The number of thiazole rings is 1. The van der Waals surface area contributed by atoms with Gasteiger partial charge >= 0.3 is 0 Å². The van der Waals surface area contributed by atoms with Crippen LogP contribution in [0.15, 0.2) is 41.4 Å². The Morgan fingerprint density at radius 2 is 1.93 bits per heavy atom. The number of pyridine rings is 1. The lowest BCUT2D eigenvalue weighted by atomic mass is 10.2. The molecule has 1 aliphatic heterocycles. The summed E-state index contributed by atoms with van der Waals surface area (Å²) in [6.07, 6.45) is 2.83. The molecule has 1 aromatic carbocycles. The number of anilines is 1. The highest BCUT2D eigenvalue weighted by molar-refractivity contribution is 7.90. The van der Waals surface area contributed by atoms with Crippen LogP contribution < -0.4 is 4.90 Å². The van der Waals surface area contributed by atoms with Gasteiger partial charge in [-0.1, -0.05) is 22.9 Å². The number of benzene rings is 1. The summed E-state index contributed by atoms with van der Waals surface area (Å²) in [6, 6.07) is 8.16. The van der Waals surface area contributed by atoms with Crippen LogP contribution in [0.1, 0.15) is 10.4 Å². The van der Waals surface area contributed by atoms with Gasteiger partial charge in [-0.2, -0.15) is 0 Å². The minimum Gasteiger partial charge on any atom is -0.344 e. The monoisotopic (exact) mass is 436 g/mol. The molecule has 0 radical (unpaired) electrons. The predicted molar refractivity (Wildman–Crippen MR) is 110 cm³/mol. The number of halogens is 1. The maximum Gasteiger partial charge on any atom is 0.254 e. The first-order chi connectivity index (χ1) is 13.3. The van der Waals surface area contributed by atoms with E-state index < -0.39 is 9.84 Å². The van der Waals surface area contributed by atoms with Gasteiger partial charge in [0.2, 0.25) is 0 Å². The van der Waals surface area contributed by atoms with Crippen molar-refractivity contribution in [3.8, 4) is 0 Å². The molecule has 0 aliphatic carbocycles. The molecule has 1 amide bonds. The van der Waals surface area contributed by atoms with Crippen molar-refractivity contribution in [1.82, 2.24) is 14.9 Å². The van der Waals surface area contributed by atoms with Crippen LogP contribution >= 0.6 is 22.9 Å². The minimum atomic E-state index is -3.50. The SMILES string of the molecule is CS(=O)(=O)c1cc(C(=O)N2CCN(c3nc4cccnc4s3)CC2)ccc1Cl. The molecule has 0 atom stereocenters. The van der Waals surface area contributed by atoms with Crippen molar-refractivity contribution in [2.45, 2.75) is 4.90 Å². The summed E-state index contributed by atoms with van der Waals surface area (Å²) in [5, 5.41) is 1.01. The number of sulfone groups is 1. The summed E-state index contributed by atoms with van der Waals surface area (Å²) < 4.78 is 23.7. The smallest absolute Gasteiger partial charge is 0.254 e. The van der Waals surface area contributed by atoms with Crippen LogP contribution in [0.4, 0.5) is 5.13 Å². The molecule has 1 fully saturated rings. The molecule has 0 spiro atoms. The Morgan fingerprint density at radius 3 is 2.61 bits per heavy atom. The highest BCUT2D eigenvalue weighted by Crippen LogP contribution is 2.28. The largest absolute Gasteiger partial charge is 0.344 e. The van der Waals surface area contributed by atoms with Crippen LogP contribution in [0.3, 0.4) is 0 Å². The number of hydrogen-bond acceptors (Lipinski definition) is 7. The van der Waals surface area contributed by atoms with Crippen LogP contribution in [0.2, 0.25) is 5.02 Å². The lowest BCUT2D eigenvalue weighted by Crippen LogP contribution is -2.48. The molecular weight excluding hydrogens is 420 g/mol. The summed E-state index contributed by atoms with van der Waals surface area (Å²) in [6.45, 7) is 2.36. The van der Waals surface area contributed by atoms with E-state index in [-0.39, 0.29) is 15.8 Å². The molecule has 4 rings (SSSR count). The Bertz CT molecular complexity index is 1120. The van der Waals surface area contributed by atoms with Gasteiger partial charge in [-0.05, 0) is 30.3 Å². The number of rotatable bonds is 3. The third-order valence-corrected chi connectivity index (χ3v) is 7.19. The van der Waals surface area contributed by atoms with Gasteiger partial charge in [-0.15, -0.1) is 0 Å². The first-order valence-corrected chi connectivity index (χ1v) is 11.7. The van der Waals surface area contributed by atoms with Gasteiger partial charge in [0.15, 0.2) is 15.0 Å². The normalized spacial score (nSPS) is 15.2. The molecule has 146 valence electrons. The lowest BCUT2D eigenvalue weighted by Gasteiger charge is -2.34. The molecular formula is C18H17ClN4O3S2. The van der Waals surface area contributed by atoms with Gasteiger partial charge in [0.05, 0.1) is 9.92 Å². The van der Waals surface area contributed by atoms with Crippen molar-refractivity contribution in [3.63, 3.8) is 0 Å². The number of piperazine rings is 1. The van der Waals surface area contributed by atoms with Gasteiger partial charge in [0.25, 0.3) is 5.91 Å². The van der Waals surface area contributed by atoms with Crippen molar-refractivity contribution in [1.29, 1.82) is 0 Å². The maximum absolute atomic E-state index is 12.8. The van der Waals surface area contributed by atoms with E-state index in [4.69, 9.17) is 11.6 Å². The number of carbonyl (C=O) groups excluding carboxylic acids is 1. The topological polar surface area (TPSA) is 83.5 Å². The zero-order valence-corrected chi connectivity index (χ0v) is 17.4. The van der Waals surface area contributed by atoms with Gasteiger partial charge in [-0.25, -0.2) is 18.4 Å². The number of aromatic nitrogens is 2. The number of nitrogens with zero attached hydrogens (tertiary/aromatic N) is 4. The fraction of sp³-hybridized carbons (Fsp3) is 0.278. The van der Waals surface area contributed by atoms with Crippen LogP contribution in [0.25, 0.3) is 10.3 Å². The van der Waals surface area contributed by atoms with Crippen LogP contribution in [-0.4, -0.2) is 61.6 Å². The van der Waals surface area contributed by atoms with Gasteiger partial charge in [0.1, 0.15) is 10.3 Å². The number of fused-ring (bicyclic) bond motifs is 1. The third kappa shape index (κ3) is 3.69. The van der Waals surface area contributed by atoms with Crippen LogP contribution in [-0.2, 0) is 9.84 Å². The van der Waals surface area contributed by atoms with E-state index in [1.54, 1.807) is 17.2 Å². The van der Waals surface area contributed by atoms with Crippen LogP contribution in [0, 0.1) is 0 Å². The quantitative estimate of drug-likeness (QED) is 0.627. The average molecular weight is 437 g/mol. The Labute approximate surface area is 171 Å². The second kappa shape index (κ2) is 7.31. The van der Waals surface area contributed by atoms with Crippen molar-refractivity contribution in [2.75, 3.05) is 37.3 Å². The molecule has 0 saturated carbocycles. The number of hydrogen-bond donors (Lipinski definition) is 0. The number of amides is 1. The molecule has 7 nitrogen and oxygen atoms in total. The third-order valence-electron chi connectivity index (χ3n) is 4.57. The molecule has 2 aromatic heterocycles. The van der Waals surface area contributed by atoms with Gasteiger partial charge in [0, 0.05) is 44.2 Å². The summed E-state index contributed by atoms with van der Waals surface area (Å²) >= 11 is 7.51. The van der Waals surface area contributed by atoms with Gasteiger partial charge in [-0.3, -0.25) is 4.79 Å². The van der Waals surface area contributed by atoms with E-state index in [1.165, 1.54) is 23.5 Å². The summed E-state index contributed by atoms with van der Waals surface area (Å²) in [5.41, 5.74) is 1.19. The van der Waals surface area contributed by atoms with E-state index in [2.05, 4.69) is 14.9 Å². The van der Waals surface area contributed by atoms with Crippen molar-refractivity contribution in [3.05, 3.63) is 47.1 Å². The molecule has 1 aliphatic rings. The molecule has 0 bridgehead atoms. The van der Waals surface area contributed by atoms with E-state index in [1.807, 2.05) is 12.1 Å². The van der Waals surface area contributed by atoms with E-state index in [0.717, 1.165) is 21.7 Å². The zero-order chi connectivity index (χ0) is 19.9. The second-order valence-corrected chi connectivity index (χ2v) is 9.87. The highest BCUT2D eigenvalue weighted by Gasteiger charge is 2.25. The maximum atomic E-state index is 12.8. The second-order valence-electron chi connectivity index (χ2n) is 6.52. The first kappa shape index (κ1) is 19.1. The fourth-order valence-corrected chi connectivity index (χ4v) is 5.36. The summed E-state index contributed by atoms with van der Waals surface area (Å²) in [7, 11) is -3.50. The van der Waals surface area contributed by atoms with Crippen molar-refractivity contribution >= 4 is 54.2 Å². The molecule has 10 heteroatoms. The molecule has 3 heterocycles. The Kier molecular flexibility index (Phi) is 4.98. The fourth-order valence-electron chi connectivity index (χ4n) is 3.10. The standard InChI is InChI=1S/C18H17ClN4O3S2/c1-28(25,26)15-11-12(4-5-13(15)19)17(24)22-7-9-23(10-8-22)18-21-14-3-2-6-20-16(14)27-18/h2-6,11H,7-10H2,1H3. The molecule has 0 N–H and O–H groups in total. The van der Waals surface area contributed by atoms with E-state index in [9.17, 15) is 13.2 Å². The zero-order valence-electron chi connectivity index (χ0n) is 15.0.